The summed E-state index contributed by atoms with van der Waals surface area (Å²) in [7, 11) is 0. The Morgan fingerprint density at radius 3 is 2.65 bits per heavy atom. The second-order valence-corrected chi connectivity index (χ2v) is 4.57. The highest BCUT2D eigenvalue weighted by Crippen LogP contribution is 2.13. The summed E-state index contributed by atoms with van der Waals surface area (Å²) in [6.45, 7) is 0.596. The van der Waals surface area contributed by atoms with Gasteiger partial charge in [-0.15, -0.1) is 0 Å². The Morgan fingerprint density at radius 1 is 1.15 bits per heavy atom. The van der Waals surface area contributed by atoms with Gasteiger partial charge in [0.15, 0.2) is 0 Å². The first kappa shape index (κ1) is 14.3. The van der Waals surface area contributed by atoms with Crippen molar-refractivity contribution in [2.45, 2.75) is 18.9 Å². The molecular formula is C15H20N4O. The molecule has 0 amide bonds. The third-order valence-electron chi connectivity index (χ3n) is 3.11. The number of aromatic nitrogens is 1. The maximum Gasteiger partial charge on any atom is 0.126 e. The number of pyridine rings is 1. The quantitative estimate of drug-likeness (QED) is 0.525. The number of nitrogen functional groups attached to an aromatic ring is 1. The van der Waals surface area contributed by atoms with Gasteiger partial charge in [0, 0.05) is 12.2 Å². The maximum absolute atomic E-state index is 5.83. The van der Waals surface area contributed by atoms with Gasteiger partial charge in [-0.1, -0.05) is 24.3 Å². The minimum Gasteiger partial charge on any atom is -0.494 e. The van der Waals surface area contributed by atoms with E-state index in [0.717, 1.165) is 24.2 Å². The zero-order valence-electron chi connectivity index (χ0n) is 11.3. The fourth-order valence-corrected chi connectivity index (χ4v) is 1.97. The predicted molar refractivity (Wildman–Crippen MR) is 80.0 cm³/mol. The monoisotopic (exact) mass is 272 g/mol. The molecule has 2 rings (SSSR count). The molecule has 0 aliphatic rings. The number of nitrogens with two attached hydrogens (primary N) is 2. The lowest BCUT2D eigenvalue weighted by Gasteiger charge is -2.17. The Balaban J connectivity index is 1.82. The van der Waals surface area contributed by atoms with E-state index in [2.05, 4.69) is 10.4 Å². The maximum atomic E-state index is 5.83. The average molecular weight is 272 g/mol. The molecule has 1 aromatic carbocycles. The van der Waals surface area contributed by atoms with Crippen molar-refractivity contribution in [2.75, 3.05) is 12.3 Å². The number of nitrogens with zero attached hydrogens (tertiary/aromatic N) is 1. The van der Waals surface area contributed by atoms with Crippen LogP contribution in [-0.2, 0) is 6.42 Å². The SMILES string of the molecule is NNC(CCOc1ccccc1)Cc1cccnc1N. The summed E-state index contributed by atoms with van der Waals surface area (Å²) in [5, 5.41) is 0. The Labute approximate surface area is 118 Å². The van der Waals surface area contributed by atoms with Crippen LogP contribution in [0.2, 0.25) is 0 Å². The Bertz CT molecular complexity index is 518. The standard InChI is InChI=1S/C15H20N4O/c16-15-12(5-4-9-18-15)11-13(19-17)8-10-20-14-6-2-1-3-7-14/h1-7,9,13,19H,8,10-11,17H2,(H2,16,18). The van der Waals surface area contributed by atoms with Crippen LogP contribution in [0.1, 0.15) is 12.0 Å². The zero-order valence-corrected chi connectivity index (χ0v) is 11.3. The smallest absolute Gasteiger partial charge is 0.126 e. The third kappa shape index (κ3) is 4.22. The van der Waals surface area contributed by atoms with Gasteiger partial charge >= 0.3 is 0 Å². The van der Waals surface area contributed by atoms with Crippen molar-refractivity contribution in [2.24, 2.45) is 5.84 Å². The van der Waals surface area contributed by atoms with E-state index in [-0.39, 0.29) is 6.04 Å². The van der Waals surface area contributed by atoms with Crippen LogP contribution in [0, 0.1) is 0 Å². The van der Waals surface area contributed by atoms with Crippen LogP contribution in [0.3, 0.4) is 0 Å². The highest BCUT2D eigenvalue weighted by molar-refractivity contribution is 5.38. The molecule has 0 radical (unpaired) electrons. The van der Waals surface area contributed by atoms with Crippen LogP contribution in [0.15, 0.2) is 48.7 Å². The van der Waals surface area contributed by atoms with Gasteiger partial charge in [-0.3, -0.25) is 11.3 Å². The van der Waals surface area contributed by atoms with E-state index in [0.29, 0.717) is 12.4 Å². The average Bonchev–Trinajstić information content (AvgIpc) is 2.49. The van der Waals surface area contributed by atoms with Crippen molar-refractivity contribution in [3.63, 3.8) is 0 Å². The van der Waals surface area contributed by atoms with E-state index in [1.54, 1.807) is 6.20 Å². The topological polar surface area (TPSA) is 86.2 Å². The van der Waals surface area contributed by atoms with Gasteiger partial charge in [0.05, 0.1) is 6.61 Å². The molecule has 1 unspecified atom stereocenters. The molecule has 0 bridgehead atoms. The van der Waals surface area contributed by atoms with E-state index < -0.39 is 0 Å². The second kappa shape index (κ2) is 7.47. The van der Waals surface area contributed by atoms with Crippen molar-refractivity contribution in [3.05, 3.63) is 54.2 Å². The largest absolute Gasteiger partial charge is 0.494 e. The fraction of sp³-hybridized carbons (Fsp3) is 0.267. The molecule has 0 spiro atoms. The van der Waals surface area contributed by atoms with Crippen LogP contribution >= 0.6 is 0 Å². The van der Waals surface area contributed by atoms with Crippen molar-refractivity contribution >= 4 is 5.82 Å². The first-order valence-corrected chi connectivity index (χ1v) is 6.63. The van der Waals surface area contributed by atoms with Crippen LogP contribution in [0.4, 0.5) is 5.82 Å². The summed E-state index contributed by atoms with van der Waals surface area (Å²) in [4.78, 5) is 4.07. The molecule has 5 N–H and O–H groups in total. The lowest BCUT2D eigenvalue weighted by atomic mass is 10.1. The Kier molecular flexibility index (Phi) is 5.34. The number of rotatable bonds is 7. The van der Waals surface area contributed by atoms with Crippen LogP contribution in [-0.4, -0.2) is 17.6 Å². The minimum atomic E-state index is 0.102. The molecule has 0 aliphatic heterocycles. The van der Waals surface area contributed by atoms with Crippen molar-refractivity contribution < 1.29 is 4.74 Å². The Hall–Kier alpha value is -2.11. The van der Waals surface area contributed by atoms with Gasteiger partial charge in [0.2, 0.25) is 0 Å². The summed E-state index contributed by atoms with van der Waals surface area (Å²) >= 11 is 0. The highest BCUT2D eigenvalue weighted by Gasteiger charge is 2.10. The summed E-state index contributed by atoms with van der Waals surface area (Å²) in [6, 6.07) is 13.7. The summed E-state index contributed by atoms with van der Waals surface area (Å²) in [5.74, 6) is 7.00. The number of ether oxygens (including phenoxy) is 1. The van der Waals surface area contributed by atoms with Crippen molar-refractivity contribution in [1.29, 1.82) is 0 Å². The van der Waals surface area contributed by atoms with Gasteiger partial charge < -0.3 is 10.5 Å². The van der Waals surface area contributed by atoms with E-state index in [9.17, 15) is 0 Å². The number of hydrazine groups is 1. The molecule has 0 aliphatic carbocycles. The number of hydrogen-bond donors (Lipinski definition) is 3. The van der Waals surface area contributed by atoms with Crippen LogP contribution in [0.25, 0.3) is 0 Å². The molecule has 2 aromatic rings. The summed E-state index contributed by atoms with van der Waals surface area (Å²) < 4.78 is 5.66. The first-order chi connectivity index (χ1) is 9.79. The van der Waals surface area contributed by atoms with Crippen molar-refractivity contribution in [1.82, 2.24) is 10.4 Å². The molecule has 1 atom stereocenters. The zero-order chi connectivity index (χ0) is 14.2. The molecule has 20 heavy (non-hydrogen) atoms. The molecule has 5 nitrogen and oxygen atoms in total. The molecule has 0 saturated carbocycles. The van der Waals surface area contributed by atoms with E-state index in [1.807, 2.05) is 42.5 Å². The minimum absolute atomic E-state index is 0.102. The highest BCUT2D eigenvalue weighted by atomic mass is 16.5. The lowest BCUT2D eigenvalue weighted by molar-refractivity contribution is 0.285. The van der Waals surface area contributed by atoms with Gasteiger partial charge in [-0.05, 0) is 36.6 Å². The molecule has 0 saturated heterocycles. The number of benzene rings is 1. The summed E-state index contributed by atoms with van der Waals surface area (Å²) in [6.07, 6.45) is 3.20. The number of hydrogen-bond acceptors (Lipinski definition) is 5. The molecule has 0 fully saturated rings. The van der Waals surface area contributed by atoms with Crippen LogP contribution < -0.4 is 21.7 Å². The number of anilines is 1. The van der Waals surface area contributed by atoms with E-state index in [1.165, 1.54) is 0 Å². The fourth-order valence-electron chi connectivity index (χ4n) is 1.97. The second-order valence-electron chi connectivity index (χ2n) is 4.57. The normalized spacial score (nSPS) is 12.1. The van der Waals surface area contributed by atoms with Gasteiger partial charge in [-0.25, -0.2) is 4.98 Å². The lowest BCUT2D eigenvalue weighted by Crippen LogP contribution is -2.38. The van der Waals surface area contributed by atoms with Gasteiger partial charge in [-0.2, -0.15) is 0 Å². The van der Waals surface area contributed by atoms with Crippen LogP contribution in [0.5, 0.6) is 5.75 Å². The predicted octanol–water partition coefficient (Wildman–Crippen LogP) is 1.51. The number of para-hydroxylation sites is 1. The molecular weight excluding hydrogens is 252 g/mol. The first-order valence-electron chi connectivity index (χ1n) is 6.63. The molecule has 1 aromatic heterocycles. The van der Waals surface area contributed by atoms with Gasteiger partial charge in [0.1, 0.15) is 11.6 Å². The van der Waals surface area contributed by atoms with E-state index >= 15 is 0 Å². The summed E-state index contributed by atoms with van der Waals surface area (Å²) in [5.41, 5.74) is 9.63. The molecule has 106 valence electrons. The number of nitrogens with one attached hydrogen (secondary N) is 1. The molecule has 1 heterocycles. The van der Waals surface area contributed by atoms with E-state index in [4.69, 9.17) is 16.3 Å². The van der Waals surface area contributed by atoms with Gasteiger partial charge in [0.25, 0.3) is 0 Å². The third-order valence-corrected chi connectivity index (χ3v) is 3.11. The Morgan fingerprint density at radius 2 is 1.95 bits per heavy atom. The molecule has 5 heteroatoms. The van der Waals surface area contributed by atoms with Crippen molar-refractivity contribution in [3.8, 4) is 5.75 Å².